The third-order valence-electron chi connectivity index (χ3n) is 5.73. The first kappa shape index (κ1) is 21.3. The van der Waals surface area contributed by atoms with Crippen LogP contribution in [0.4, 0.5) is 11.6 Å². The highest BCUT2D eigenvalue weighted by Crippen LogP contribution is 2.23. The molecule has 0 unspecified atom stereocenters. The third kappa shape index (κ3) is 4.36. The fourth-order valence-electron chi connectivity index (χ4n) is 3.87. The highest BCUT2D eigenvalue weighted by molar-refractivity contribution is 6.05. The molecular formula is C27H24N6O. The molecule has 0 aliphatic rings. The molecule has 2 heterocycles. The number of rotatable bonds is 6. The molecule has 1 atom stereocenters. The lowest BCUT2D eigenvalue weighted by molar-refractivity contribution is 0.102. The molecule has 1 amide bonds. The molecule has 0 saturated carbocycles. The molecule has 0 aliphatic carbocycles. The first-order chi connectivity index (χ1) is 16.6. The number of nitrogens with one attached hydrogen (secondary N) is 2. The summed E-state index contributed by atoms with van der Waals surface area (Å²) in [5.74, 6) is 1.10. The number of imidazole rings is 1. The van der Waals surface area contributed by atoms with Gasteiger partial charge in [0.05, 0.1) is 17.1 Å². The van der Waals surface area contributed by atoms with Crippen LogP contribution >= 0.6 is 0 Å². The number of amides is 1. The average Bonchev–Trinajstić information content (AvgIpc) is 3.28. The molecular weight excluding hydrogens is 424 g/mol. The molecule has 34 heavy (non-hydrogen) atoms. The minimum Gasteiger partial charge on any atom is -0.348 e. The van der Waals surface area contributed by atoms with Crippen molar-refractivity contribution in [2.24, 2.45) is 0 Å². The highest BCUT2D eigenvalue weighted by Gasteiger charge is 2.12. The zero-order chi connectivity index (χ0) is 23.5. The summed E-state index contributed by atoms with van der Waals surface area (Å²) in [4.78, 5) is 26.2. The van der Waals surface area contributed by atoms with E-state index in [1.165, 1.54) is 0 Å². The number of anilines is 2. The van der Waals surface area contributed by atoms with Crippen molar-refractivity contribution in [3.63, 3.8) is 0 Å². The van der Waals surface area contributed by atoms with E-state index in [0.29, 0.717) is 23.0 Å². The van der Waals surface area contributed by atoms with Gasteiger partial charge in [0.2, 0.25) is 5.95 Å². The number of nitrogens with zero attached hydrogens (tertiary/aromatic N) is 4. The van der Waals surface area contributed by atoms with Gasteiger partial charge in [0.15, 0.2) is 0 Å². The summed E-state index contributed by atoms with van der Waals surface area (Å²) < 4.78 is 1.91. The summed E-state index contributed by atoms with van der Waals surface area (Å²) in [5.41, 5.74) is 5.07. The van der Waals surface area contributed by atoms with Gasteiger partial charge in [-0.25, -0.2) is 9.97 Å². The van der Waals surface area contributed by atoms with Gasteiger partial charge >= 0.3 is 0 Å². The van der Waals surface area contributed by atoms with Crippen LogP contribution in [0.2, 0.25) is 0 Å². The Labute approximate surface area is 197 Å². The molecule has 0 radical (unpaired) electrons. The van der Waals surface area contributed by atoms with Crippen LogP contribution in [-0.2, 0) is 0 Å². The van der Waals surface area contributed by atoms with Gasteiger partial charge in [0.25, 0.3) is 5.91 Å². The van der Waals surface area contributed by atoms with Crippen LogP contribution in [0.15, 0.2) is 91.4 Å². The quantitative estimate of drug-likeness (QED) is 0.356. The lowest BCUT2D eigenvalue weighted by Crippen LogP contribution is -2.13. The Morgan fingerprint density at radius 1 is 0.941 bits per heavy atom. The molecule has 0 aliphatic heterocycles. The Balaban J connectivity index is 1.37. The van der Waals surface area contributed by atoms with Crippen molar-refractivity contribution < 1.29 is 4.79 Å². The van der Waals surface area contributed by atoms with Gasteiger partial charge < -0.3 is 10.6 Å². The molecule has 2 aromatic heterocycles. The van der Waals surface area contributed by atoms with Gasteiger partial charge in [-0.15, -0.1) is 0 Å². The van der Waals surface area contributed by atoms with Crippen LogP contribution < -0.4 is 10.6 Å². The highest BCUT2D eigenvalue weighted by atomic mass is 16.1. The summed E-state index contributed by atoms with van der Waals surface area (Å²) in [6.07, 6.45) is 3.45. The normalized spacial score (nSPS) is 11.8. The number of hydrogen-bond acceptors (Lipinski definition) is 5. The number of carbonyl (C=O) groups is 1. The monoisotopic (exact) mass is 448 g/mol. The Morgan fingerprint density at radius 3 is 2.56 bits per heavy atom. The van der Waals surface area contributed by atoms with Crippen LogP contribution in [0.25, 0.3) is 16.9 Å². The van der Waals surface area contributed by atoms with Crippen molar-refractivity contribution in [2.45, 2.75) is 19.9 Å². The Bertz CT molecular complexity index is 1460. The number of benzene rings is 3. The molecule has 0 saturated heterocycles. The Hall–Kier alpha value is -4.52. The maximum Gasteiger partial charge on any atom is 0.255 e. The lowest BCUT2D eigenvalue weighted by Gasteiger charge is -2.14. The minimum absolute atomic E-state index is 0.0652. The number of aromatic nitrogens is 4. The second-order valence-electron chi connectivity index (χ2n) is 8.10. The molecule has 0 bridgehead atoms. The van der Waals surface area contributed by atoms with E-state index in [0.717, 1.165) is 22.2 Å². The Morgan fingerprint density at radius 2 is 1.74 bits per heavy atom. The maximum atomic E-state index is 12.7. The molecule has 5 rings (SSSR count). The summed E-state index contributed by atoms with van der Waals surface area (Å²) in [6.45, 7) is 4.00. The van der Waals surface area contributed by atoms with Crippen molar-refractivity contribution in [3.05, 3.63) is 108 Å². The SMILES string of the molecule is Cc1ccccc1C(=O)Nc1ccc2c(c1)ncn2-c1ccnc(N[C@@H](C)c2ccccc2)n1. The van der Waals surface area contributed by atoms with Crippen molar-refractivity contribution in [2.75, 3.05) is 10.6 Å². The number of aryl methyl sites for hydroxylation is 1. The van der Waals surface area contributed by atoms with Crippen molar-refractivity contribution in [3.8, 4) is 5.82 Å². The predicted molar refractivity (Wildman–Crippen MR) is 134 cm³/mol. The second kappa shape index (κ2) is 9.15. The van der Waals surface area contributed by atoms with Crippen LogP contribution in [0.1, 0.15) is 34.5 Å². The fourth-order valence-corrected chi connectivity index (χ4v) is 3.87. The lowest BCUT2D eigenvalue weighted by atomic mass is 10.1. The van der Waals surface area contributed by atoms with Gasteiger partial charge in [-0.3, -0.25) is 9.36 Å². The zero-order valence-corrected chi connectivity index (χ0v) is 18.9. The standard InChI is InChI=1S/C27H24N6O/c1-18-8-6-7-11-22(18)26(34)31-21-12-13-24-23(16-21)29-17-33(24)25-14-15-28-27(32-25)30-19(2)20-9-4-3-5-10-20/h3-17,19H,1-2H3,(H,31,34)(H,28,30,32)/t19-/m0/s1. The first-order valence-corrected chi connectivity index (χ1v) is 11.1. The van der Waals surface area contributed by atoms with Crippen molar-refractivity contribution in [1.82, 2.24) is 19.5 Å². The summed E-state index contributed by atoms with van der Waals surface area (Å²) in [5, 5.41) is 6.32. The minimum atomic E-state index is -0.143. The molecule has 7 nitrogen and oxygen atoms in total. The average molecular weight is 449 g/mol. The smallest absolute Gasteiger partial charge is 0.255 e. The van der Waals surface area contributed by atoms with Crippen molar-refractivity contribution >= 4 is 28.6 Å². The third-order valence-corrected chi connectivity index (χ3v) is 5.73. The van der Waals surface area contributed by atoms with Gasteiger partial charge in [-0.05, 0) is 55.3 Å². The number of hydrogen-bond donors (Lipinski definition) is 2. The molecule has 5 aromatic rings. The van der Waals surface area contributed by atoms with E-state index in [9.17, 15) is 4.79 Å². The van der Waals surface area contributed by atoms with E-state index >= 15 is 0 Å². The summed E-state index contributed by atoms with van der Waals surface area (Å²) in [7, 11) is 0. The summed E-state index contributed by atoms with van der Waals surface area (Å²) >= 11 is 0. The van der Waals surface area contributed by atoms with Crippen LogP contribution in [-0.4, -0.2) is 25.4 Å². The van der Waals surface area contributed by atoms with Gasteiger partial charge in [0, 0.05) is 17.4 Å². The summed E-state index contributed by atoms with van der Waals surface area (Å²) in [6, 6.07) is 25.2. The van der Waals surface area contributed by atoms with E-state index < -0.39 is 0 Å². The van der Waals surface area contributed by atoms with E-state index in [2.05, 4.69) is 44.6 Å². The van der Waals surface area contributed by atoms with Crippen LogP contribution in [0.5, 0.6) is 0 Å². The molecule has 7 heteroatoms. The number of carbonyl (C=O) groups excluding carboxylic acids is 1. The maximum absolute atomic E-state index is 12.7. The van der Waals surface area contributed by atoms with Gasteiger partial charge in [-0.2, -0.15) is 4.98 Å². The van der Waals surface area contributed by atoms with E-state index in [1.54, 1.807) is 12.5 Å². The van der Waals surface area contributed by atoms with E-state index in [-0.39, 0.29) is 11.9 Å². The molecule has 0 spiro atoms. The molecule has 0 fully saturated rings. The topological polar surface area (TPSA) is 84.7 Å². The number of fused-ring (bicyclic) bond motifs is 1. The van der Waals surface area contributed by atoms with Gasteiger partial charge in [-0.1, -0.05) is 48.5 Å². The predicted octanol–water partition coefficient (Wildman–Crippen LogP) is 5.55. The largest absolute Gasteiger partial charge is 0.348 e. The molecule has 3 aromatic carbocycles. The zero-order valence-electron chi connectivity index (χ0n) is 18.9. The van der Waals surface area contributed by atoms with Crippen LogP contribution in [0.3, 0.4) is 0 Å². The second-order valence-corrected chi connectivity index (χ2v) is 8.10. The van der Waals surface area contributed by atoms with E-state index in [4.69, 9.17) is 0 Å². The fraction of sp³-hybridized carbons (Fsp3) is 0.111. The molecule has 2 N–H and O–H groups in total. The van der Waals surface area contributed by atoms with E-state index in [1.807, 2.05) is 78.2 Å². The Kier molecular flexibility index (Phi) is 5.74. The van der Waals surface area contributed by atoms with Gasteiger partial charge in [0.1, 0.15) is 12.1 Å². The van der Waals surface area contributed by atoms with Crippen LogP contribution in [0, 0.1) is 6.92 Å². The van der Waals surface area contributed by atoms with Crippen molar-refractivity contribution in [1.29, 1.82) is 0 Å². The first-order valence-electron chi connectivity index (χ1n) is 11.1. The molecule has 168 valence electrons.